The van der Waals surface area contributed by atoms with E-state index in [-0.39, 0.29) is 0 Å². The molecule has 0 aliphatic carbocycles. The van der Waals surface area contributed by atoms with Crippen LogP contribution in [-0.2, 0) is 31.9 Å². The fraction of sp³-hybridized carbons (Fsp3) is 0.250. The van der Waals surface area contributed by atoms with Crippen LogP contribution in [0.2, 0.25) is 0 Å². The van der Waals surface area contributed by atoms with Crippen LogP contribution in [0.15, 0.2) is 61.8 Å². The zero-order chi connectivity index (χ0) is 28.0. The van der Waals surface area contributed by atoms with E-state index in [9.17, 15) is 9.59 Å². The Kier molecular flexibility index (Phi) is 11.2. The molecule has 198 valence electrons. The number of benzene rings is 1. The van der Waals surface area contributed by atoms with E-state index in [1.54, 1.807) is 6.20 Å². The predicted octanol–water partition coefficient (Wildman–Crippen LogP) is 5.28. The van der Waals surface area contributed by atoms with Gasteiger partial charge < -0.3 is 9.47 Å². The summed E-state index contributed by atoms with van der Waals surface area (Å²) in [6.45, 7) is 11.4. The van der Waals surface area contributed by atoms with Gasteiger partial charge in [0.05, 0.1) is 18.9 Å². The first kappa shape index (κ1) is 29.1. The number of hydrogen-bond acceptors (Lipinski definition) is 7. The molecule has 7 heteroatoms. The second-order valence-electron chi connectivity index (χ2n) is 8.55. The third kappa shape index (κ3) is 9.74. The van der Waals surface area contributed by atoms with E-state index in [2.05, 4.69) is 46.8 Å². The number of pyridine rings is 1. The monoisotopic (exact) mass is 538 g/mol. The van der Waals surface area contributed by atoms with Crippen LogP contribution in [0, 0.1) is 37.5 Å². The van der Waals surface area contributed by atoms with Gasteiger partial charge in [-0.25, -0.2) is 14.6 Å². The van der Waals surface area contributed by atoms with Crippen molar-refractivity contribution in [3.8, 4) is 23.7 Å². The van der Waals surface area contributed by atoms with Crippen LogP contribution in [0.25, 0.3) is 0 Å². The number of carbonyl (C=O) groups is 2. The van der Waals surface area contributed by atoms with Crippen molar-refractivity contribution in [1.29, 1.82) is 0 Å². The van der Waals surface area contributed by atoms with Crippen molar-refractivity contribution in [2.75, 3.05) is 13.2 Å². The molecular formula is C32H30N2O4S. The standard InChI is InChI=1S/C32H30N2O4S/c1-5-31(35)37-19-8-7-9-28-16-12-26(22-33-28)11-15-27-14-10-25(21-23(27)3)13-17-30-34-24(4)29(39-30)18-20-38-32(36)6-2/h5-6,10,12,14,16,21-22H,1-2,7-9,18-20H2,3-4H3. The fourth-order valence-electron chi connectivity index (χ4n) is 3.45. The third-order valence-electron chi connectivity index (χ3n) is 5.58. The maximum atomic E-state index is 11.2. The summed E-state index contributed by atoms with van der Waals surface area (Å²) in [6.07, 6.45) is 7.18. The molecule has 3 rings (SSSR count). The first-order valence-electron chi connectivity index (χ1n) is 12.5. The molecule has 0 atom stereocenters. The molecule has 0 spiro atoms. The normalized spacial score (nSPS) is 9.90. The molecule has 6 nitrogen and oxygen atoms in total. The Morgan fingerprint density at radius 2 is 1.62 bits per heavy atom. The summed E-state index contributed by atoms with van der Waals surface area (Å²) in [5.41, 5.74) is 5.58. The minimum absolute atomic E-state index is 0.291. The van der Waals surface area contributed by atoms with Gasteiger partial charge in [0.15, 0.2) is 5.01 Å². The number of aromatic nitrogens is 2. The zero-order valence-corrected chi connectivity index (χ0v) is 23.0. The maximum absolute atomic E-state index is 11.2. The van der Waals surface area contributed by atoms with Crippen LogP contribution < -0.4 is 0 Å². The van der Waals surface area contributed by atoms with Crippen molar-refractivity contribution in [3.63, 3.8) is 0 Å². The summed E-state index contributed by atoms with van der Waals surface area (Å²) in [6, 6.07) is 9.88. The van der Waals surface area contributed by atoms with Crippen molar-refractivity contribution in [2.24, 2.45) is 0 Å². The summed E-state index contributed by atoms with van der Waals surface area (Å²) < 4.78 is 10.0. The van der Waals surface area contributed by atoms with Crippen LogP contribution in [0.1, 0.15) is 56.4 Å². The summed E-state index contributed by atoms with van der Waals surface area (Å²) >= 11 is 1.51. The van der Waals surface area contributed by atoms with Crippen molar-refractivity contribution in [3.05, 3.63) is 105 Å². The minimum Gasteiger partial charge on any atom is -0.463 e. The van der Waals surface area contributed by atoms with E-state index in [0.29, 0.717) is 19.6 Å². The van der Waals surface area contributed by atoms with Crippen molar-refractivity contribution in [2.45, 2.75) is 39.5 Å². The van der Waals surface area contributed by atoms with Gasteiger partial charge in [0.25, 0.3) is 0 Å². The van der Waals surface area contributed by atoms with Gasteiger partial charge in [-0.3, -0.25) is 4.98 Å². The summed E-state index contributed by atoms with van der Waals surface area (Å²) in [5.74, 6) is 11.9. The average molecular weight is 539 g/mol. The molecule has 0 N–H and O–H groups in total. The molecule has 0 amide bonds. The molecule has 0 saturated heterocycles. The maximum Gasteiger partial charge on any atom is 0.330 e. The Hall–Kier alpha value is -4.46. The van der Waals surface area contributed by atoms with Crippen LogP contribution in [0.4, 0.5) is 0 Å². The molecule has 2 heterocycles. The number of aryl methyl sites for hydroxylation is 3. The molecule has 0 fully saturated rings. The molecule has 3 aromatic rings. The van der Waals surface area contributed by atoms with E-state index in [4.69, 9.17) is 9.47 Å². The summed E-state index contributed by atoms with van der Waals surface area (Å²) in [4.78, 5) is 32.3. The van der Waals surface area contributed by atoms with Crippen LogP contribution in [-0.4, -0.2) is 35.1 Å². The van der Waals surface area contributed by atoms with Gasteiger partial charge in [0, 0.05) is 52.0 Å². The molecule has 39 heavy (non-hydrogen) atoms. The van der Waals surface area contributed by atoms with Gasteiger partial charge in [0.2, 0.25) is 0 Å². The Bertz CT molecular complexity index is 1460. The van der Waals surface area contributed by atoms with E-state index in [0.717, 1.165) is 68.9 Å². The molecule has 1 aromatic carbocycles. The lowest BCUT2D eigenvalue weighted by Crippen LogP contribution is -2.04. The number of ether oxygens (including phenoxy) is 2. The van der Waals surface area contributed by atoms with Gasteiger partial charge in [-0.2, -0.15) is 0 Å². The highest BCUT2D eigenvalue weighted by molar-refractivity contribution is 7.12. The van der Waals surface area contributed by atoms with Crippen molar-refractivity contribution in [1.82, 2.24) is 9.97 Å². The molecule has 0 saturated carbocycles. The van der Waals surface area contributed by atoms with E-state index >= 15 is 0 Å². The minimum atomic E-state index is -0.427. The number of nitrogens with zero attached hydrogens (tertiary/aromatic N) is 2. The number of hydrogen-bond donors (Lipinski definition) is 0. The number of unbranched alkanes of at least 4 members (excludes halogenated alkanes) is 1. The van der Waals surface area contributed by atoms with Gasteiger partial charge in [-0.1, -0.05) is 30.9 Å². The Labute approximate surface area is 233 Å². The third-order valence-corrected chi connectivity index (χ3v) is 6.71. The van der Waals surface area contributed by atoms with Gasteiger partial charge in [0.1, 0.15) is 0 Å². The van der Waals surface area contributed by atoms with Gasteiger partial charge in [-0.05, 0) is 74.9 Å². The number of thiazole rings is 1. The van der Waals surface area contributed by atoms with Crippen LogP contribution in [0.3, 0.4) is 0 Å². The smallest absolute Gasteiger partial charge is 0.330 e. The van der Waals surface area contributed by atoms with Crippen molar-refractivity contribution >= 4 is 23.3 Å². The molecule has 0 unspecified atom stereocenters. The highest BCUT2D eigenvalue weighted by Crippen LogP contribution is 2.18. The highest BCUT2D eigenvalue weighted by Gasteiger charge is 2.07. The molecule has 0 aliphatic rings. The topological polar surface area (TPSA) is 78.4 Å². The van der Waals surface area contributed by atoms with Crippen LogP contribution >= 0.6 is 11.3 Å². The van der Waals surface area contributed by atoms with E-state index in [1.165, 1.54) is 17.4 Å². The fourth-order valence-corrected chi connectivity index (χ4v) is 4.35. The first-order valence-corrected chi connectivity index (χ1v) is 13.3. The quantitative estimate of drug-likeness (QED) is 0.151. The summed E-state index contributed by atoms with van der Waals surface area (Å²) in [7, 11) is 0. The second-order valence-corrected chi connectivity index (χ2v) is 9.63. The van der Waals surface area contributed by atoms with Crippen LogP contribution in [0.5, 0.6) is 0 Å². The highest BCUT2D eigenvalue weighted by atomic mass is 32.1. The number of rotatable bonds is 10. The van der Waals surface area contributed by atoms with Crippen molar-refractivity contribution < 1.29 is 19.1 Å². The molecule has 2 aromatic heterocycles. The second kappa shape index (κ2) is 15.1. The predicted molar refractivity (Wildman–Crippen MR) is 153 cm³/mol. The lowest BCUT2D eigenvalue weighted by molar-refractivity contribution is -0.138. The van der Waals surface area contributed by atoms with Gasteiger partial charge in [-0.15, -0.1) is 11.3 Å². The molecule has 0 aliphatic heterocycles. The molecule has 0 radical (unpaired) electrons. The SMILES string of the molecule is C=CC(=O)OCCCCc1ccc(C#Cc2ccc(C#Cc3nc(C)c(CCOC(=O)C=C)s3)cc2C)cn1. The number of esters is 2. The summed E-state index contributed by atoms with van der Waals surface area (Å²) in [5, 5.41) is 0.728. The zero-order valence-electron chi connectivity index (χ0n) is 22.2. The average Bonchev–Trinajstić information content (AvgIpc) is 3.30. The van der Waals surface area contributed by atoms with E-state index < -0.39 is 11.9 Å². The lowest BCUT2D eigenvalue weighted by Gasteiger charge is -2.02. The molecule has 0 bridgehead atoms. The Balaban J connectivity index is 1.55. The number of carbonyl (C=O) groups excluding carboxylic acids is 2. The Morgan fingerprint density at radius 3 is 2.31 bits per heavy atom. The lowest BCUT2D eigenvalue weighted by atomic mass is 10.1. The van der Waals surface area contributed by atoms with Gasteiger partial charge >= 0.3 is 11.9 Å². The van der Waals surface area contributed by atoms with E-state index in [1.807, 2.05) is 44.2 Å². The molecular weight excluding hydrogens is 508 g/mol. The largest absolute Gasteiger partial charge is 0.463 e. The first-order chi connectivity index (χ1) is 18.9. The Morgan fingerprint density at radius 1 is 0.897 bits per heavy atom.